The topological polar surface area (TPSA) is 124 Å². The van der Waals surface area contributed by atoms with Crippen LogP contribution in [0.2, 0.25) is 0 Å². The monoisotopic (exact) mass is 493 g/mol. The maximum atomic E-state index is 12.7. The van der Waals surface area contributed by atoms with Gasteiger partial charge in [-0.25, -0.2) is 14.8 Å². The van der Waals surface area contributed by atoms with E-state index in [1.54, 1.807) is 23.4 Å². The number of aryl methyl sites for hydroxylation is 1. The summed E-state index contributed by atoms with van der Waals surface area (Å²) >= 11 is 1.36. The largest absolute Gasteiger partial charge is 0.449 e. The van der Waals surface area contributed by atoms with Crippen molar-refractivity contribution < 1.29 is 13.9 Å². The smallest absolute Gasteiger partial charge is 0.410 e. The zero-order valence-corrected chi connectivity index (χ0v) is 20.8. The van der Waals surface area contributed by atoms with E-state index in [0.29, 0.717) is 36.9 Å². The summed E-state index contributed by atoms with van der Waals surface area (Å²) in [6.45, 7) is 8.53. The summed E-state index contributed by atoms with van der Waals surface area (Å²) in [6.07, 6.45) is 7.77. The van der Waals surface area contributed by atoms with Gasteiger partial charge in [0.15, 0.2) is 17.3 Å². The molecule has 0 saturated carbocycles. The third kappa shape index (κ3) is 4.85. The van der Waals surface area contributed by atoms with Crippen molar-refractivity contribution in [3.63, 3.8) is 0 Å². The van der Waals surface area contributed by atoms with Crippen LogP contribution < -0.4 is 11.1 Å². The zero-order valence-electron chi connectivity index (χ0n) is 20.0. The number of anilines is 3. The standard InChI is InChI=1S/C24H27N7O3S/c1-14-8-20(35-29-14)28-21-22-26-10-18(16-9-19(25)33-13-16)31(22)12-17(27-21)15-6-5-7-30(11-15)23(32)34-24(2,3)4/h6,8-10,12-13H,5,7,11,25H2,1-4H3,(H,27,28). The Balaban J connectivity index is 1.55. The molecule has 0 bridgehead atoms. The minimum absolute atomic E-state index is 0.325. The average Bonchev–Trinajstić information content (AvgIpc) is 3.52. The first kappa shape index (κ1) is 22.9. The number of fused-ring (bicyclic) bond motifs is 1. The summed E-state index contributed by atoms with van der Waals surface area (Å²) in [4.78, 5) is 23.9. The predicted molar refractivity (Wildman–Crippen MR) is 136 cm³/mol. The lowest BCUT2D eigenvalue weighted by Crippen LogP contribution is -2.39. The van der Waals surface area contributed by atoms with Crippen LogP contribution in [0.3, 0.4) is 0 Å². The first-order valence-electron chi connectivity index (χ1n) is 11.3. The molecule has 0 saturated heterocycles. The quantitative estimate of drug-likeness (QED) is 0.402. The third-order valence-corrected chi connectivity index (χ3v) is 6.20. The van der Waals surface area contributed by atoms with E-state index in [1.165, 1.54) is 11.5 Å². The molecule has 5 rings (SSSR count). The molecule has 4 aromatic heterocycles. The van der Waals surface area contributed by atoms with Crippen LogP contribution in [0, 0.1) is 6.92 Å². The fourth-order valence-electron chi connectivity index (χ4n) is 3.88. The van der Waals surface area contributed by atoms with Gasteiger partial charge in [0.2, 0.25) is 0 Å². The number of nitrogens with one attached hydrogen (secondary N) is 1. The van der Waals surface area contributed by atoms with Crippen LogP contribution in [-0.4, -0.2) is 48.4 Å². The molecule has 5 heterocycles. The van der Waals surface area contributed by atoms with Crippen molar-refractivity contribution in [3.05, 3.63) is 48.3 Å². The highest BCUT2D eigenvalue weighted by atomic mass is 32.1. The van der Waals surface area contributed by atoms with E-state index in [0.717, 1.165) is 33.2 Å². The van der Waals surface area contributed by atoms with E-state index >= 15 is 0 Å². The van der Waals surface area contributed by atoms with Gasteiger partial charge >= 0.3 is 6.09 Å². The van der Waals surface area contributed by atoms with Crippen LogP contribution in [-0.2, 0) is 4.74 Å². The van der Waals surface area contributed by atoms with Crippen molar-refractivity contribution in [2.45, 2.75) is 39.7 Å². The number of carbonyl (C=O) groups is 1. The summed E-state index contributed by atoms with van der Waals surface area (Å²) in [5, 5.41) is 4.22. The highest BCUT2D eigenvalue weighted by Gasteiger charge is 2.26. The second-order valence-electron chi connectivity index (χ2n) is 9.43. The van der Waals surface area contributed by atoms with Gasteiger partial charge in [0.05, 0.1) is 29.8 Å². The van der Waals surface area contributed by atoms with E-state index in [-0.39, 0.29) is 6.09 Å². The third-order valence-electron chi connectivity index (χ3n) is 5.41. The molecule has 1 aliphatic rings. The number of hydrogen-bond donors (Lipinski definition) is 2. The minimum atomic E-state index is -0.558. The van der Waals surface area contributed by atoms with E-state index in [1.807, 2.05) is 44.4 Å². The SMILES string of the molecule is Cc1cc(Nc2nc(C3=CCCN(C(=O)OC(C)(C)C)C3)cn3c(-c4coc(N)c4)cnc23)sn1. The lowest BCUT2D eigenvalue weighted by atomic mass is 10.1. The Morgan fingerprint density at radius 1 is 1.31 bits per heavy atom. The second-order valence-corrected chi connectivity index (χ2v) is 10.2. The van der Waals surface area contributed by atoms with Gasteiger partial charge in [-0.05, 0) is 57.3 Å². The van der Waals surface area contributed by atoms with Gasteiger partial charge in [0.25, 0.3) is 0 Å². The number of ether oxygens (including phenoxy) is 1. The number of hydrogen-bond acceptors (Lipinski definition) is 9. The van der Waals surface area contributed by atoms with Gasteiger partial charge in [-0.2, -0.15) is 4.37 Å². The first-order valence-corrected chi connectivity index (χ1v) is 12.0. The number of aromatic nitrogens is 4. The summed E-state index contributed by atoms with van der Waals surface area (Å²) < 4.78 is 17.2. The van der Waals surface area contributed by atoms with Gasteiger partial charge < -0.3 is 25.1 Å². The number of rotatable bonds is 4. The Labute approximate surface area is 206 Å². The highest BCUT2D eigenvalue weighted by molar-refractivity contribution is 7.10. The molecule has 4 aromatic rings. The van der Waals surface area contributed by atoms with Crippen molar-refractivity contribution in [1.82, 2.24) is 23.6 Å². The Hall–Kier alpha value is -3.86. The summed E-state index contributed by atoms with van der Waals surface area (Å²) in [6, 6.07) is 3.72. The van der Waals surface area contributed by atoms with Gasteiger partial charge in [0, 0.05) is 24.4 Å². The lowest BCUT2D eigenvalue weighted by molar-refractivity contribution is 0.0273. The number of nitrogen functional groups attached to an aromatic ring is 1. The Morgan fingerprint density at radius 2 is 2.14 bits per heavy atom. The van der Waals surface area contributed by atoms with Crippen LogP contribution in [0.25, 0.3) is 22.5 Å². The molecule has 0 aliphatic carbocycles. The van der Waals surface area contributed by atoms with Gasteiger partial charge in [-0.15, -0.1) is 0 Å². The van der Waals surface area contributed by atoms with Gasteiger partial charge in [-0.3, -0.25) is 4.40 Å². The minimum Gasteiger partial charge on any atom is -0.449 e. The fourth-order valence-corrected chi connectivity index (χ4v) is 4.54. The van der Waals surface area contributed by atoms with E-state index in [2.05, 4.69) is 20.8 Å². The number of amides is 1. The highest BCUT2D eigenvalue weighted by Crippen LogP contribution is 2.31. The summed E-state index contributed by atoms with van der Waals surface area (Å²) in [5.41, 5.74) is 10.1. The maximum absolute atomic E-state index is 12.7. The van der Waals surface area contributed by atoms with E-state index < -0.39 is 5.60 Å². The summed E-state index contributed by atoms with van der Waals surface area (Å²) in [7, 11) is 0. The van der Waals surface area contributed by atoms with Crippen LogP contribution in [0.5, 0.6) is 0 Å². The van der Waals surface area contributed by atoms with E-state index in [4.69, 9.17) is 19.9 Å². The van der Waals surface area contributed by atoms with Crippen molar-refractivity contribution in [1.29, 1.82) is 0 Å². The molecule has 3 N–H and O–H groups in total. The first-order chi connectivity index (χ1) is 16.7. The lowest BCUT2D eigenvalue weighted by Gasteiger charge is -2.30. The Bertz CT molecular complexity index is 1430. The number of furan rings is 1. The van der Waals surface area contributed by atoms with Crippen molar-refractivity contribution in [2.75, 3.05) is 24.1 Å². The van der Waals surface area contributed by atoms with Gasteiger partial charge in [-0.1, -0.05) is 6.08 Å². The van der Waals surface area contributed by atoms with Crippen LogP contribution in [0.15, 0.2) is 41.3 Å². The normalized spacial score (nSPS) is 14.3. The van der Waals surface area contributed by atoms with Crippen molar-refractivity contribution >= 4 is 45.5 Å². The second kappa shape index (κ2) is 8.73. The zero-order chi connectivity index (χ0) is 24.7. The Morgan fingerprint density at radius 3 is 2.83 bits per heavy atom. The van der Waals surface area contributed by atoms with Crippen LogP contribution in [0.1, 0.15) is 38.6 Å². The molecule has 10 nitrogen and oxygen atoms in total. The molecule has 0 aromatic carbocycles. The molecule has 0 radical (unpaired) electrons. The maximum Gasteiger partial charge on any atom is 0.410 e. The number of imidazole rings is 1. The van der Waals surface area contributed by atoms with Crippen molar-refractivity contribution in [2.24, 2.45) is 0 Å². The molecule has 1 amide bonds. The number of nitrogens with zero attached hydrogens (tertiary/aromatic N) is 5. The van der Waals surface area contributed by atoms with E-state index in [9.17, 15) is 4.79 Å². The number of nitrogens with two attached hydrogens (primary N) is 1. The Kier molecular flexibility index (Phi) is 5.72. The van der Waals surface area contributed by atoms with Crippen LogP contribution >= 0.6 is 11.5 Å². The fraction of sp³-hybridized carbons (Fsp3) is 0.333. The summed E-state index contributed by atoms with van der Waals surface area (Å²) in [5.74, 6) is 0.912. The van der Waals surface area contributed by atoms with Gasteiger partial charge in [0.1, 0.15) is 16.9 Å². The molecule has 35 heavy (non-hydrogen) atoms. The molecule has 0 spiro atoms. The van der Waals surface area contributed by atoms with Crippen molar-refractivity contribution in [3.8, 4) is 11.3 Å². The number of carbonyl (C=O) groups excluding carboxylic acids is 1. The molecule has 11 heteroatoms. The molecular weight excluding hydrogens is 466 g/mol. The molecule has 0 atom stereocenters. The molecule has 182 valence electrons. The molecule has 1 aliphatic heterocycles. The molecule has 0 unspecified atom stereocenters. The molecule has 0 fully saturated rings. The van der Waals surface area contributed by atoms with Crippen LogP contribution in [0.4, 0.5) is 21.5 Å². The predicted octanol–water partition coefficient (Wildman–Crippen LogP) is 5.10. The average molecular weight is 494 g/mol. The molecular formula is C24H27N7O3S.